The molecule has 210 valence electrons. The molecule has 0 radical (unpaired) electrons. The maximum absolute atomic E-state index is 13.8. The van der Waals surface area contributed by atoms with Crippen molar-refractivity contribution < 1.29 is 36.6 Å². The zero-order chi connectivity index (χ0) is 28.8. The molecular weight excluding hydrogens is 513 g/mol. The van der Waals surface area contributed by atoms with E-state index < -0.39 is 36.4 Å². The van der Waals surface area contributed by atoms with Crippen LogP contribution in [0.2, 0.25) is 0 Å². The fraction of sp³-hybridized carbons (Fsp3) is 0.400. The first-order valence-corrected chi connectivity index (χ1v) is 12.7. The molecule has 0 fully saturated rings. The molecule has 1 atom stereocenters. The Labute approximate surface area is 225 Å². The first-order chi connectivity index (χ1) is 18.4. The lowest BCUT2D eigenvalue weighted by Crippen LogP contribution is -2.44. The number of benzene rings is 2. The van der Waals surface area contributed by atoms with Gasteiger partial charge in [-0.05, 0) is 56.5 Å². The topological polar surface area (TPSA) is 75.0 Å². The highest BCUT2D eigenvalue weighted by molar-refractivity contribution is 5.87. The predicted molar refractivity (Wildman–Crippen MR) is 143 cm³/mol. The summed E-state index contributed by atoms with van der Waals surface area (Å²) in [5, 5.41) is 0.556. The van der Waals surface area contributed by atoms with Gasteiger partial charge < -0.3 is 18.6 Å². The first-order valence-electron chi connectivity index (χ1n) is 12.7. The molecule has 0 amide bonds. The van der Waals surface area contributed by atoms with Crippen LogP contribution in [0.3, 0.4) is 0 Å². The number of hydrogen-bond acceptors (Lipinski definition) is 6. The van der Waals surface area contributed by atoms with Crippen molar-refractivity contribution in [3.05, 3.63) is 70.6 Å². The number of rotatable bonds is 12. The highest BCUT2D eigenvalue weighted by Gasteiger charge is 2.53. The van der Waals surface area contributed by atoms with E-state index in [1.807, 2.05) is 18.2 Å². The van der Waals surface area contributed by atoms with E-state index in [1.165, 1.54) is 26.2 Å². The number of hydrogen-bond donors (Lipinski definition) is 0. The summed E-state index contributed by atoms with van der Waals surface area (Å²) < 4.78 is 62.6. The van der Waals surface area contributed by atoms with Crippen molar-refractivity contribution in [1.29, 1.82) is 0 Å². The number of methoxy groups -OCH3 is 1. The van der Waals surface area contributed by atoms with Crippen LogP contribution < -0.4 is 15.1 Å². The highest BCUT2D eigenvalue weighted by Crippen LogP contribution is 2.39. The molecule has 1 unspecified atom stereocenters. The Morgan fingerprint density at radius 2 is 1.77 bits per heavy atom. The minimum Gasteiger partial charge on any atom is -0.496 e. The molecule has 0 aliphatic rings. The zero-order valence-corrected chi connectivity index (χ0v) is 22.6. The van der Waals surface area contributed by atoms with Gasteiger partial charge in [-0.1, -0.05) is 38.5 Å². The standard InChI is InChI=1S/C30H33F3O6/c1-6-7-8-9-20-10-13-23(26(14-20)36-5)24-15-21-11-12-22(16-25(21)39-28(24)35)37-17-29(4,30(31,32)33)18-38-27(34)19(2)3/h10-16H,2,6-9,17-18H2,1,3-5H3. The van der Waals surface area contributed by atoms with Crippen molar-refractivity contribution in [3.63, 3.8) is 0 Å². The van der Waals surface area contributed by atoms with Gasteiger partial charge in [-0.25, -0.2) is 9.59 Å². The number of aryl methyl sites for hydroxylation is 1. The number of fused-ring (bicyclic) bond motifs is 1. The van der Waals surface area contributed by atoms with Crippen molar-refractivity contribution in [2.24, 2.45) is 5.41 Å². The van der Waals surface area contributed by atoms with Crippen LogP contribution in [0.15, 0.2) is 63.8 Å². The van der Waals surface area contributed by atoms with E-state index >= 15 is 0 Å². The molecule has 3 rings (SSSR count). The Bertz CT molecular complexity index is 1390. The van der Waals surface area contributed by atoms with Gasteiger partial charge in [0.25, 0.3) is 0 Å². The van der Waals surface area contributed by atoms with Crippen molar-refractivity contribution in [3.8, 4) is 22.6 Å². The predicted octanol–water partition coefficient (Wildman–Crippen LogP) is 7.27. The molecule has 0 saturated heterocycles. The number of alkyl halides is 3. The smallest absolute Gasteiger partial charge is 0.400 e. The van der Waals surface area contributed by atoms with Crippen LogP contribution in [-0.4, -0.2) is 32.5 Å². The second-order valence-electron chi connectivity index (χ2n) is 9.84. The van der Waals surface area contributed by atoms with Crippen molar-refractivity contribution >= 4 is 16.9 Å². The molecule has 1 heterocycles. The van der Waals surface area contributed by atoms with Gasteiger partial charge in [0.1, 0.15) is 35.7 Å². The van der Waals surface area contributed by atoms with E-state index in [9.17, 15) is 22.8 Å². The van der Waals surface area contributed by atoms with Gasteiger partial charge in [-0.2, -0.15) is 13.2 Å². The zero-order valence-electron chi connectivity index (χ0n) is 22.6. The van der Waals surface area contributed by atoms with E-state index in [2.05, 4.69) is 13.5 Å². The molecule has 0 bridgehead atoms. The number of halogens is 3. The summed E-state index contributed by atoms with van der Waals surface area (Å²) in [7, 11) is 1.54. The number of carbonyl (C=O) groups is 1. The molecule has 0 spiro atoms. The van der Waals surface area contributed by atoms with E-state index in [4.69, 9.17) is 18.6 Å². The summed E-state index contributed by atoms with van der Waals surface area (Å²) in [5.41, 5.74) is -0.963. The fourth-order valence-corrected chi connectivity index (χ4v) is 3.86. The third kappa shape index (κ3) is 7.22. The second kappa shape index (κ2) is 12.4. The Kier molecular flexibility index (Phi) is 9.48. The third-order valence-electron chi connectivity index (χ3n) is 6.44. The molecule has 0 aliphatic heterocycles. The average Bonchev–Trinajstić information content (AvgIpc) is 2.89. The summed E-state index contributed by atoms with van der Waals surface area (Å²) in [5.74, 6) is -0.306. The monoisotopic (exact) mass is 546 g/mol. The Balaban J connectivity index is 1.84. The number of esters is 1. The van der Waals surface area contributed by atoms with Crippen molar-refractivity contribution in [2.75, 3.05) is 20.3 Å². The lowest BCUT2D eigenvalue weighted by atomic mass is 9.92. The molecule has 9 heteroatoms. The van der Waals surface area contributed by atoms with E-state index in [1.54, 1.807) is 12.1 Å². The number of carbonyl (C=O) groups excluding carboxylic acids is 1. The maximum atomic E-state index is 13.8. The molecular formula is C30H33F3O6. The molecule has 0 saturated carbocycles. The van der Waals surface area contributed by atoms with Crippen molar-refractivity contribution in [2.45, 2.75) is 52.6 Å². The molecule has 39 heavy (non-hydrogen) atoms. The second-order valence-corrected chi connectivity index (χ2v) is 9.84. The fourth-order valence-electron chi connectivity index (χ4n) is 3.86. The molecule has 2 aromatic carbocycles. The minimum atomic E-state index is -4.72. The summed E-state index contributed by atoms with van der Waals surface area (Å²) in [6.45, 7) is 5.99. The molecule has 1 aromatic heterocycles. The van der Waals surface area contributed by atoms with Gasteiger partial charge in [0.2, 0.25) is 0 Å². The third-order valence-corrected chi connectivity index (χ3v) is 6.44. The average molecular weight is 547 g/mol. The summed E-state index contributed by atoms with van der Waals surface area (Å²) in [6, 6.07) is 11.8. The van der Waals surface area contributed by atoms with Gasteiger partial charge in [0.15, 0.2) is 0 Å². The van der Waals surface area contributed by atoms with Crippen LogP contribution in [0, 0.1) is 5.41 Å². The SMILES string of the molecule is C=C(C)C(=O)OCC(C)(COc1ccc2cc(-c3ccc(CCCCC)cc3OC)c(=O)oc2c1)C(F)(F)F. The molecule has 0 aliphatic carbocycles. The molecule has 3 aromatic rings. The summed E-state index contributed by atoms with van der Waals surface area (Å²) in [6.07, 6.45) is -0.508. The molecule has 6 nitrogen and oxygen atoms in total. The number of unbranched alkanes of at least 4 members (excludes halogenated alkanes) is 2. The Morgan fingerprint density at radius 1 is 1.03 bits per heavy atom. The van der Waals surface area contributed by atoms with Gasteiger partial charge in [-0.3, -0.25) is 0 Å². The van der Waals surface area contributed by atoms with Crippen LogP contribution in [0.1, 0.15) is 45.6 Å². The van der Waals surface area contributed by atoms with Crippen LogP contribution >= 0.6 is 0 Å². The van der Waals surface area contributed by atoms with E-state index in [0.717, 1.165) is 38.2 Å². The van der Waals surface area contributed by atoms with Gasteiger partial charge >= 0.3 is 17.8 Å². The van der Waals surface area contributed by atoms with Gasteiger partial charge in [-0.15, -0.1) is 0 Å². The Morgan fingerprint density at radius 3 is 2.41 bits per heavy atom. The summed E-state index contributed by atoms with van der Waals surface area (Å²) in [4.78, 5) is 24.5. The maximum Gasteiger partial charge on any atom is 0.400 e. The lowest BCUT2D eigenvalue weighted by Gasteiger charge is -2.31. The van der Waals surface area contributed by atoms with Crippen LogP contribution in [0.4, 0.5) is 13.2 Å². The van der Waals surface area contributed by atoms with E-state index in [-0.39, 0.29) is 16.9 Å². The van der Waals surface area contributed by atoms with Crippen LogP contribution in [-0.2, 0) is 16.0 Å². The quantitative estimate of drug-likeness (QED) is 0.103. The van der Waals surface area contributed by atoms with Gasteiger partial charge in [0, 0.05) is 22.6 Å². The van der Waals surface area contributed by atoms with E-state index in [0.29, 0.717) is 22.3 Å². The first kappa shape index (κ1) is 29.8. The Hall–Kier alpha value is -3.75. The minimum absolute atomic E-state index is 0.00935. The lowest BCUT2D eigenvalue weighted by molar-refractivity contribution is -0.240. The normalized spacial score (nSPS) is 13.1. The van der Waals surface area contributed by atoms with Crippen LogP contribution in [0.25, 0.3) is 22.1 Å². The highest BCUT2D eigenvalue weighted by atomic mass is 19.4. The van der Waals surface area contributed by atoms with Crippen LogP contribution in [0.5, 0.6) is 11.5 Å². The number of ether oxygens (including phenoxy) is 3. The molecule has 0 N–H and O–H groups in total. The van der Waals surface area contributed by atoms with Gasteiger partial charge in [0.05, 0.1) is 12.7 Å². The largest absolute Gasteiger partial charge is 0.496 e. The summed E-state index contributed by atoms with van der Waals surface area (Å²) >= 11 is 0. The van der Waals surface area contributed by atoms with Crippen molar-refractivity contribution in [1.82, 2.24) is 0 Å².